The van der Waals surface area contributed by atoms with E-state index in [2.05, 4.69) is 31.9 Å². The summed E-state index contributed by atoms with van der Waals surface area (Å²) in [6, 6.07) is 5.34. The van der Waals surface area contributed by atoms with E-state index in [9.17, 15) is 4.79 Å². The Morgan fingerprint density at radius 2 is 2.07 bits per heavy atom. The predicted molar refractivity (Wildman–Crippen MR) is 59.8 cm³/mol. The SMILES string of the molecule is O=C(O)c1cc2c(Br)ccc(Br)n2c1. The Balaban J connectivity index is 2.82. The van der Waals surface area contributed by atoms with E-state index in [-0.39, 0.29) is 5.56 Å². The van der Waals surface area contributed by atoms with Crippen molar-refractivity contribution in [3.05, 3.63) is 39.0 Å². The van der Waals surface area contributed by atoms with Crippen LogP contribution in [-0.4, -0.2) is 15.5 Å². The van der Waals surface area contributed by atoms with Crippen LogP contribution in [0, 0.1) is 0 Å². The number of carboxylic acid groups (broad SMARTS) is 1. The van der Waals surface area contributed by atoms with E-state index in [1.165, 1.54) is 0 Å². The van der Waals surface area contributed by atoms with Gasteiger partial charge in [-0.05, 0) is 50.1 Å². The van der Waals surface area contributed by atoms with Crippen LogP contribution in [-0.2, 0) is 0 Å². The Hall–Kier alpha value is -0.810. The van der Waals surface area contributed by atoms with Crippen LogP contribution in [0.3, 0.4) is 0 Å². The zero-order valence-electron chi connectivity index (χ0n) is 6.87. The molecule has 0 spiro atoms. The fourth-order valence-electron chi connectivity index (χ4n) is 1.25. The van der Waals surface area contributed by atoms with Crippen LogP contribution >= 0.6 is 31.9 Å². The van der Waals surface area contributed by atoms with E-state index in [1.54, 1.807) is 16.7 Å². The quantitative estimate of drug-likeness (QED) is 0.821. The molecule has 72 valence electrons. The van der Waals surface area contributed by atoms with Crippen molar-refractivity contribution in [2.75, 3.05) is 0 Å². The van der Waals surface area contributed by atoms with Crippen molar-refractivity contribution in [1.82, 2.24) is 4.40 Å². The molecule has 0 aromatic carbocycles. The molecule has 2 aromatic rings. The van der Waals surface area contributed by atoms with Crippen molar-refractivity contribution in [2.45, 2.75) is 0 Å². The Morgan fingerprint density at radius 1 is 1.36 bits per heavy atom. The lowest BCUT2D eigenvalue weighted by molar-refractivity contribution is 0.0697. The first-order valence-electron chi connectivity index (χ1n) is 3.79. The molecule has 0 bridgehead atoms. The first-order chi connectivity index (χ1) is 6.59. The van der Waals surface area contributed by atoms with Crippen LogP contribution in [0.2, 0.25) is 0 Å². The Morgan fingerprint density at radius 3 is 2.64 bits per heavy atom. The third-order valence-electron chi connectivity index (χ3n) is 1.91. The molecule has 1 N–H and O–H groups in total. The van der Waals surface area contributed by atoms with Crippen LogP contribution in [0.1, 0.15) is 10.4 Å². The van der Waals surface area contributed by atoms with Gasteiger partial charge in [-0.15, -0.1) is 0 Å². The van der Waals surface area contributed by atoms with Gasteiger partial charge in [0.1, 0.15) is 0 Å². The van der Waals surface area contributed by atoms with E-state index in [1.807, 2.05) is 12.1 Å². The summed E-state index contributed by atoms with van der Waals surface area (Å²) in [6.07, 6.45) is 1.58. The number of fused-ring (bicyclic) bond motifs is 1. The first kappa shape index (κ1) is 9.73. The second kappa shape index (κ2) is 3.40. The fourth-order valence-corrected chi connectivity index (χ4v) is 2.11. The highest BCUT2D eigenvalue weighted by Crippen LogP contribution is 2.24. The third-order valence-corrected chi connectivity index (χ3v) is 3.23. The summed E-state index contributed by atoms with van der Waals surface area (Å²) in [7, 11) is 0. The summed E-state index contributed by atoms with van der Waals surface area (Å²) >= 11 is 6.70. The standard InChI is InChI=1S/C9H5Br2NO2/c10-6-1-2-8(11)12-4-5(9(13)14)3-7(6)12/h1-4H,(H,13,14). The molecule has 3 nitrogen and oxygen atoms in total. The van der Waals surface area contributed by atoms with Gasteiger partial charge in [-0.25, -0.2) is 4.79 Å². The highest BCUT2D eigenvalue weighted by molar-refractivity contribution is 9.11. The number of halogens is 2. The summed E-state index contributed by atoms with van der Waals surface area (Å²) in [5, 5.41) is 8.82. The number of aromatic nitrogens is 1. The van der Waals surface area contributed by atoms with E-state index < -0.39 is 5.97 Å². The molecule has 2 aromatic heterocycles. The van der Waals surface area contributed by atoms with Crippen molar-refractivity contribution in [3.63, 3.8) is 0 Å². The number of hydrogen-bond donors (Lipinski definition) is 1. The monoisotopic (exact) mass is 317 g/mol. The largest absolute Gasteiger partial charge is 0.478 e. The molecule has 0 aliphatic heterocycles. The topological polar surface area (TPSA) is 41.7 Å². The average Bonchev–Trinajstić information content (AvgIpc) is 2.57. The fraction of sp³-hybridized carbons (Fsp3) is 0. The van der Waals surface area contributed by atoms with Gasteiger partial charge in [0, 0.05) is 10.7 Å². The molecule has 0 atom stereocenters. The lowest BCUT2D eigenvalue weighted by Crippen LogP contribution is -1.92. The zero-order valence-corrected chi connectivity index (χ0v) is 10.0. The summed E-state index contributed by atoms with van der Waals surface area (Å²) in [5.41, 5.74) is 1.11. The van der Waals surface area contributed by atoms with Crippen LogP contribution in [0.25, 0.3) is 5.52 Å². The maximum absolute atomic E-state index is 10.7. The number of aromatic carboxylic acids is 1. The molecule has 0 radical (unpaired) electrons. The zero-order chi connectivity index (χ0) is 10.3. The van der Waals surface area contributed by atoms with Gasteiger partial charge in [0.2, 0.25) is 0 Å². The molecule has 14 heavy (non-hydrogen) atoms. The molecule has 0 aliphatic carbocycles. The minimum absolute atomic E-state index is 0.276. The predicted octanol–water partition coefficient (Wildman–Crippen LogP) is 3.16. The lowest BCUT2D eigenvalue weighted by atomic mass is 10.3. The van der Waals surface area contributed by atoms with Gasteiger partial charge in [-0.1, -0.05) is 0 Å². The van der Waals surface area contributed by atoms with Crippen LogP contribution < -0.4 is 0 Å². The molecule has 2 heterocycles. The Labute approximate surface area is 96.6 Å². The number of rotatable bonds is 1. The summed E-state index contributed by atoms with van der Waals surface area (Å²) in [6.45, 7) is 0. The molecule has 0 aliphatic rings. The minimum atomic E-state index is -0.924. The van der Waals surface area contributed by atoms with Crippen LogP contribution in [0.5, 0.6) is 0 Å². The molecule has 0 unspecified atom stereocenters. The average molecular weight is 319 g/mol. The maximum atomic E-state index is 10.7. The second-order valence-corrected chi connectivity index (χ2v) is 4.46. The van der Waals surface area contributed by atoms with Crippen molar-refractivity contribution >= 4 is 43.3 Å². The maximum Gasteiger partial charge on any atom is 0.337 e. The van der Waals surface area contributed by atoms with Gasteiger partial charge in [0.25, 0.3) is 0 Å². The second-order valence-electron chi connectivity index (χ2n) is 2.79. The molecular weight excluding hydrogens is 314 g/mol. The smallest absolute Gasteiger partial charge is 0.337 e. The van der Waals surface area contributed by atoms with E-state index in [0.29, 0.717) is 0 Å². The number of nitrogens with zero attached hydrogens (tertiary/aromatic N) is 1. The molecule has 0 saturated carbocycles. The van der Waals surface area contributed by atoms with Crippen molar-refractivity contribution in [3.8, 4) is 0 Å². The van der Waals surface area contributed by atoms with Crippen molar-refractivity contribution < 1.29 is 9.90 Å². The lowest BCUT2D eigenvalue weighted by Gasteiger charge is -1.99. The molecule has 0 amide bonds. The van der Waals surface area contributed by atoms with Crippen molar-refractivity contribution in [2.24, 2.45) is 0 Å². The molecule has 0 saturated heterocycles. The highest BCUT2D eigenvalue weighted by atomic mass is 79.9. The molecule has 2 rings (SSSR count). The van der Waals surface area contributed by atoms with E-state index >= 15 is 0 Å². The van der Waals surface area contributed by atoms with E-state index in [4.69, 9.17) is 5.11 Å². The number of hydrogen-bond acceptors (Lipinski definition) is 1. The minimum Gasteiger partial charge on any atom is -0.478 e. The highest BCUT2D eigenvalue weighted by Gasteiger charge is 2.09. The van der Waals surface area contributed by atoms with Crippen LogP contribution in [0.4, 0.5) is 0 Å². The van der Waals surface area contributed by atoms with Crippen LogP contribution in [0.15, 0.2) is 33.5 Å². The normalized spacial score (nSPS) is 10.7. The Kier molecular flexibility index (Phi) is 2.36. The summed E-state index contributed by atoms with van der Waals surface area (Å²) in [5.74, 6) is -0.924. The molecular formula is C9H5Br2NO2. The Bertz CT molecular complexity index is 480. The molecule has 5 heteroatoms. The van der Waals surface area contributed by atoms with Gasteiger partial charge >= 0.3 is 5.97 Å². The number of carboxylic acids is 1. The van der Waals surface area contributed by atoms with Gasteiger partial charge in [0.15, 0.2) is 0 Å². The number of pyridine rings is 1. The van der Waals surface area contributed by atoms with Gasteiger partial charge < -0.3 is 9.51 Å². The van der Waals surface area contributed by atoms with E-state index in [0.717, 1.165) is 14.6 Å². The number of carbonyl (C=O) groups is 1. The van der Waals surface area contributed by atoms with Gasteiger partial charge in [-0.3, -0.25) is 0 Å². The molecule has 0 fully saturated rings. The van der Waals surface area contributed by atoms with Crippen molar-refractivity contribution in [1.29, 1.82) is 0 Å². The van der Waals surface area contributed by atoms with Gasteiger partial charge in [0.05, 0.1) is 15.7 Å². The van der Waals surface area contributed by atoms with Gasteiger partial charge in [-0.2, -0.15) is 0 Å². The summed E-state index contributed by atoms with van der Waals surface area (Å²) in [4.78, 5) is 10.7. The third kappa shape index (κ3) is 1.46. The first-order valence-corrected chi connectivity index (χ1v) is 5.37. The summed E-state index contributed by atoms with van der Waals surface area (Å²) < 4.78 is 3.46.